The second kappa shape index (κ2) is 10.4. The van der Waals surface area contributed by atoms with E-state index in [0.29, 0.717) is 22.2 Å². The minimum atomic E-state index is -0.231. The van der Waals surface area contributed by atoms with Gasteiger partial charge >= 0.3 is 0 Å². The van der Waals surface area contributed by atoms with Crippen molar-refractivity contribution in [2.75, 3.05) is 12.0 Å². The summed E-state index contributed by atoms with van der Waals surface area (Å²) in [5.41, 5.74) is 3.55. The molecule has 1 atom stereocenters. The largest absolute Gasteiger partial charge is 0.342 e. The Morgan fingerprint density at radius 1 is 1.03 bits per heavy atom. The highest BCUT2D eigenvalue weighted by atomic mass is 35.5. The maximum Gasteiger partial charge on any atom is 0.251 e. The summed E-state index contributed by atoms with van der Waals surface area (Å²) >= 11 is 14.1. The van der Waals surface area contributed by atoms with Gasteiger partial charge in [-0.25, -0.2) is 4.98 Å². The van der Waals surface area contributed by atoms with E-state index in [-0.39, 0.29) is 11.9 Å². The Bertz CT molecular complexity index is 1230. The van der Waals surface area contributed by atoms with Crippen molar-refractivity contribution in [3.05, 3.63) is 99.8 Å². The standard InChI is InChI=1S/C25H23Cl2N3OS/c1-32-14-13-22(29-25(31)18-7-3-2-4-8-18)24-28-21-9-5-6-10-23(21)30(24)16-17-11-12-19(26)20(27)15-17/h2-12,15,22H,13-14,16H2,1H3,(H,29,31)/t22-/m0/s1. The number of imidazole rings is 1. The average Bonchev–Trinajstić information content (AvgIpc) is 3.17. The number of hydrogen-bond acceptors (Lipinski definition) is 3. The van der Waals surface area contributed by atoms with Crippen molar-refractivity contribution in [2.45, 2.75) is 19.0 Å². The van der Waals surface area contributed by atoms with Crippen LogP contribution >= 0.6 is 35.0 Å². The van der Waals surface area contributed by atoms with E-state index >= 15 is 0 Å². The molecule has 32 heavy (non-hydrogen) atoms. The van der Waals surface area contributed by atoms with Crippen LogP contribution in [0, 0.1) is 0 Å². The van der Waals surface area contributed by atoms with Crippen LogP contribution in [0.15, 0.2) is 72.8 Å². The van der Waals surface area contributed by atoms with Gasteiger partial charge in [0.15, 0.2) is 0 Å². The van der Waals surface area contributed by atoms with Gasteiger partial charge in [-0.05, 0) is 60.4 Å². The number of benzene rings is 3. The molecular formula is C25H23Cl2N3OS. The number of fused-ring (bicyclic) bond motifs is 1. The zero-order chi connectivity index (χ0) is 22.5. The van der Waals surface area contributed by atoms with E-state index in [0.717, 1.165) is 34.6 Å². The van der Waals surface area contributed by atoms with Gasteiger partial charge in [-0.1, -0.05) is 59.6 Å². The quantitative estimate of drug-likeness (QED) is 0.306. The summed E-state index contributed by atoms with van der Waals surface area (Å²) in [4.78, 5) is 17.9. The molecule has 1 heterocycles. The number of hydrogen-bond donors (Lipinski definition) is 1. The molecule has 0 unspecified atom stereocenters. The number of carbonyl (C=O) groups excluding carboxylic acids is 1. The first-order valence-electron chi connectivity index (χ1n) is 10.3. The van der Waals surface area contributed by atoms with E-state index in [9.17, 15) is 4.79 Å². The second-order valence-electron chi connectivity index (χ2n) is 7.47. The minimum absolute atomic E-state index is 0.107. The number of aromatic nitrogens is 2. The average molecular weight is 484 g/mol. The molecule has 0 aliphatic heterocycles. The normalized spacial score (nSPS) is 12.1. The predicted octanol–water partition coefficient (Wildman–Crippen LogP) is 6.62. The van der Waals surface area contributed by atoms with Gasteiger partial charge in [-0.3, -0.25) is 4.79 Å². The van der Waals surface area contributed by atoms with E-state index in [1.807, 2.05) is 66.7 Å². The van der Waals surface area contributed by atoms with Crippen LogP contribution in [0.25, 0.3) is 11.0 Å². The molecule has 0 aliphatic carbocycles. The summed E-state index contributed by atoms with van der Waals surface area (Å²) in [6, 6.07) is 22.7. The lowest BCUT2D eigenvalue weighted by molar-refractivity contribution is 0.0933. The number of para-hydroxylation sites is 2. The van der Waals surface area contributed by atoms with Crippen LogP contribution in [0.4, 0.5) is 0 Å². The number of amides is 1. The van der Waals surface area contributed by atoms with E-state index in [1.54, 1.807) is 17.8 Å². The highest BCUT2D eigenvalue weighted by Gasteiger charge is 2.23. The summed E-state index contributed by atoms with van der Waals surface area (Å²) in [6.45, 7) is 0.573. The molecule has 0 radical (unpaired) electrons. The molecule has 0 spiro atoms. The molecule has 0 saturated carbocycles. The summed E-state index contributed by atoms with van der Waals surface area (Å²) < 4.78 is 2.16. The number of thioether (sulfide) groups is 1. The lowest BCUT2D eigenvalue weighted by Crippen LogP contribution is -2.31. The summed E-state index contributed by atoms with van der Waals surface area (Å²) in [6.07, 6.45) is 2.83. The van der Waals surface area contributed by atoms with Crippen molar-refractivity contribution >= 4 is 51.9 Å². The molecule has 0 fully saturated rings. The van der Waals surface area contributed by atoms with E-state index in [2.05, 4.69) is 16.1 Å². The third kappa shape index (κ3) is 5.12. The van der Waals surface area contributed by atoms with Gasteiger partial charge in [0.1, 0.15) is 5.82 Å². The van der Waals surface area contributed by atoms with Crippen molar-refractivity contribution in [1.29, 1.82) is 0 Å². The first-order valence-corrected chi connectivity index (χ1v) is 12.5. The molecule has 3 aromatic carbocycles. The molecule has 4 rings (SSSR count). The molecule has 0 bridgehead atoms. The Labute approximate surface area is 201 Å². The minimum Gasteiger partial charge on any atom is -0.342 e. The monoisotopic (exact) mass is 483 g/mol. The maximum atomic E-state index is 13.0. The van der Waals surface area contributed by atoms with Gasteiger partial charge in [0.25, 0.3) is 5.91 Å². The van der Waals surface area contributed by atoms with Crippen molar-refractivity contribution < 1.29 is 4.79 Å². The van der Waals surface area contributed by atoms with Gasteiger partial charge < -0.3 is 9.88 Å². The summed E-state index contributed by atoms with van der Waals surface area (Å²) in [5.74, 6) is 1.62. The highest BCUT2D eigenvalue weighted by Crippen LogP contribution is 2.28. The molecule has 1 aromatic heterocycles. The van der Waals surface area contributed by atoms with Gasteiger partial charge in [0, 0.05) is 12.1 Å². The summed E-state index contributed by atoms with van der Waals surface area (Å²) in [7, 11) is 0. The van der Waals surface area contributed by atoms with Crippen LogP contribution in [-0.2, 0) is 6.54 Å². The molecule has 0 saturated heterocycles. The Morgan fingerprint density at radius 3 is 2.53 bits per heavy atom. The van der Waals surface area contributed by atoms with E-state index in [4.69, 9.17) is 28.2 Å². The van der Waals surface area contributed by atoms with Crippen LogP contribution in [0.2, 0.25) is 10.0 Å². The number of rotatable bonds is 8. The van der Waals surface area contributed by atoms with Crippen molar-refractivity contribution in [3.63, 3.8) is 0 Å². The summed E-state index contributed by atoms with van der Waals surface area (Å²) in [5, 5.41) is 4.26. The first kappa shape index (κ1) is 22.7. The van der Waals surface area contributed by atoms with Gasteiger partial charge in [0.05, 0.1) is 27.1 Å². The van der Waals surface area contributed by atoms with Crippen LogP contribution in [-0.4, -0.2) is 27.5 Å². The molecule has 4 nitrogen and oxygen atoms in total. The number of nitrogens with zero attached hydrogens (tertiary/aromatic N) is 2. The molecule has 7 heteroatoms. The Kier molecular flexibility index (Phi) is 7.40. The second-order valence-corrected chi connectivity index (χ2v) is 9.27. The van der Waals surface area contributed by atoms with Crippen LogP contribution in [0.3, 0.4) is 0 Å². The fourth-order valence-corrected chi connectivity index (χ4v) is 4.47. The number of halogens is 2. The topological polar surface area (TPSA) is 46.9 Å². The van der Waals surface area contributed by atoms with E-state index in [1.165, 1.54) is 0 Å². The Hall–Kier alpha value is -2.47. The molecule has 4 aromatic rings. The highest BCUT2D eigenvalue weighted by molar-refractivity contribution is 7.98. The molecule has 1 amide bonds. The Balaban J connectivity index is 1.74. The predicted molar refractivity (Wildman–Crippen MR) is 135 cm³/mol. The zero-order valence-corrected chi connectivity index (χ0v) is 19.9. The number of nitrogens with one attached hydrogen (secondary N) is 1. The third-order valence-electron chi connectivity index (χ3n) is 5.27. The smallest absolute Gasteiger partial charge is 0.251 e. The third-order valence-corrected chi connectivity index (χ3v) is 6.66. The van der Waals surface area contributed by atoms with Gasteiger partial charge in [0.2, 0.25) is 0 Å². The van der Waals surface area contributed by atoms with Crippen molar-refractivity contribution in [2.24, 2.45) is 0 Å². The molecule has 164 valence electrons. The van der Waals surface area contributed by atoms with Crippen LogP contribution < -0.4 is 5.32 Å². The van der Waals surface area contributed by atoms with Crippen LogP contribution in [0.1, 0.15) is 34.2 Å². The zero-order valence-electron chi connectivity index (χ0n) is 17.6. The molecule has 0 aliphatic rings. The maximum absolute atomic E-state index is 13.0. The molecular weight excluding hydrogens is 461 g/mol. The lowest BCUT2D eigenvalue weighted by Gasteiger charge is -2.20. The lowest BCUT2D eigenvalue weighted by atomic mass is 10.1. The van der Waals surface area contributed by atoms with Gasteiger partial charge in [-0.2, -0.15) is 11.8 Å². The van der Waals surface area contributed by atoms with Gasteiger partial charge in [-0.15, -0.1) is 0 Å². The first-order chi connectivity index (χ1) is 15.6. The SMILES string of the molecule is CSCC[C@H](NC(=O)c1ccccc1)c1nc2ccccc2n1Cc1ccc(Cl)c(Cl)c1. The molecule has 1 N–H and O–H groups in total. The Morgan fingerprint density at radius 2 is 1.78 bits per heavy atom. The van der Waals surface area contributed by atoms with E-state index < -0.39 is 0 Å². The number of carbonyl (C=O) groups is 1. The fourth-order valence-electron chi connectivity index (χ4n) is 3.68. The van der Waals surface area contributed by atoms with Crippen molar-refractivity contribution in [3.8, 4) is 0 Å². The van der Waals surface area contributed by atoms with Crippen molar-refractivity contribution in [1.82, 2.24) is 14.9 Å². The fraction of sp³-hybridized carbons (Fsp3) is 0.200. The van der Waals surface area contributed by atoms with Crippen LogP contribution in [0.5, 0.6) is 0 Å².